The summed E-state index contributed by atoms with van der Waals surface area (Å²) in [7, 11) is 0. The van der Waals surface area contributed by atoms with Gasteiger partial charge in [-0.2, -0.15) is 13.2 Å². The van der Waals surface area contributed by atoms with Crippen LogP contribution < -0.4 is 0 Å². The van der Waals surface area contributed by atoms with Crippen LogP contribution in [0.4, 0.5) is 13.2 Å². The predicted molar refractivity (Wildman–Crippen MR) is 59.3 cm³/mol. The minimum absolute atomic E-state index is 0.00498. The second kappa shape index (κ2) is 4.11. The van der Waals surface area contributed by atoms with Crippen LogP contribution >= 0.6 is 0 Å². The van der Waals surface area contributed by atoms with E-state index in [0.717, 1.165) is 17.2 Å². The molecule has 1 aromatic rings. The molecule has 0 saturated heterocycles. The predicted octanol–water partition coefficient (Wildman–Crippen LogP) is 4.60. The average Bonchev–Trinajstić information content (AvgIpc) is 2.04. The molecule has 0 N–H and O–H groups in total. The maximum absolute atomic E-state index is 12.5. The second-order valence-electron chi connectivity index (χ2n) is 5.38. The minimum Gasteiger partial charge on any atom is -0.166 e. The van der Waals surface area contributed by atoms with Crippen LogP contribution in [0.15, 0.2) is 18.2 Å². The van der Waals surface area contributed by atoms with Crippen LogP contribution in [0.1, 0.15) is 37.5 Å². The Bertz CT molecular complexity index is 370. The smallest absolute Gasteiger partial charge is 0.166 e. The molecule has 0 spiro atoms. The zero-order valence-corrected chi connectivity index (χ0v) is 10.1. The van der Waals surface area contributed by atoms with Gasteiger partial charge in [0, 0.05) is 0 Å². The van der Waals surface area contributed by atoms with Gasteiger partial charge in [0.05, 0.1) is 5.56 Å². The van der Waals surface area contributed by atoms with E-state index >= 15 is 0 Å². The highest BCUT2D eigenvalue weighted by atomic mass is 19.4. The summed E-state index contributed by atoms with van der Waals surface area (Å²) in [6.45, 7) is 7.91. The van der Waals surface area contributed by atoms with Crippen molar-refractivity contribution in [1.29, 1.82) is 0 Å². The summed E-state index contributed by atoms with van der Waals surface area (Å²) in [5, 5.41) is 0. The molecule has 0 radical (unpaired) electrons. The molecule has 0 amide bonds. The maximum Gasteiger partial charge on any atom is 0.416 e. The van der Waals surface area contributed by atoms with E-state index in [2.05, 4.69) is 0 Å². The van der Waals surface area contributed by atoms with E-state index < -0.39 is 11.7 Å². The molecule has 1 rings (SSSR count). The Hall–Kier alpha value is -0.990. The first-order valence-corrected chi connectivity index (χ1v) is 5.26. The molecule has 0 bridgehead atoms. The standard InChI is InChI=1S/C13H17F3/c1-9-5-6-11(13(14,15)16)7-10(9)8-12(2,3)4/h5-7H,8H2,1-4H3. The van der Waals surface area contributed by atoms with Crippen LogP contribution in [0, 0.1) is 12.3 Å². The fourth-order valence-electron chi connectivity index (χ4n) is 1.61. The maximum atomic E-state index is 12.5. The van der Waals surface area contributed by atoms with Gasteiger partial charge in [0.25, 0.3) is 0 Å². The Morgan fingerprint density at radius 1 is 1.06 bits per heavy atom. The van der Waals surface area contributed by atoms with Gasteiger partial charge in [0.15, 0.2) is 0 Å². The number of hydrogen-bond donors (Lipinski definition) is 0. The lowest BCUT2D eigenvalue weighted by Gasteiger charge is -2.20. The average molecular weight is 230 g/mol. The molecular formula is C13H17F3. The first-order valence-electron chi connectivity index (χ1n) is 5.26. The van der Waals surface area contributed by atoms with Crippen LogP contribution in [0.2, 0.25) is 0 Å². The highest BCUT2D eigenvalue weighted by molar-refractivity contribution is 5.33. The molecule has 0 aliphatic heterocycles. The molecule has 1 aromatic carbocycles. The van der Waals surface area contributed by atoms with Gasteiger partial charge in [0.2, 0.25) is 0 Å². The molecule has 0 aromatic heterocycles. The van der Waals surface area contributed by atoms with Crippen molar-refractivity contribution in [2.45, 2.75) is 40.3 Å². The van der Waals surface area contributed by atoms with E-state index in [0.29, 0.717) is 6.42 Å². The van der Waals surface area contributed by atoms with Crippen molar-refractivity contribution >= 4 is 0 Å². The van der Waals surface area contributed by atoms with E-state index in [1.54, 1.807) is 6.07 Å². The van der Waals surface area contributed by atoms with E-state index in [4.69, 9.17) is 0 Å². The number of alkyl halides is 3. The number of aryl methyl sites for hydroxylation is 1. The molecule has 0 heterocycles. The van der Waals surface area contributed by atoms with Crippen molar-refractivity contribution in [2.75, 3.05) is 0 Å². The van der Waals surface area contributed by atoms with Gasteiger partial charge in [-0.15, -0.1) is 0 Å². The molecule has 0 nitrogen and oxygen atoms in total. The molecular weight excluding hydrogens is 213 g/mol. The topological polar surface area (TPSA) is 0 Å². The van der Waals surface area contributed by atoms with Crippen LogP contribution in [-0.2, 0) is 12.6 Å². The molecule has 0 saturated carbocycles. The van der Waals surface area contributed by atoms with Crippen LogP contribution in [0.3, 0.4) is 0 Å². The van der Waals surface area contributed by atoms with Gasteiger partial charge in [-0.1, -0.05) is 26.8 Å². The first kappa shape index (κ1) is 13.1. The first-order chi connectivity index (χ1) is 7.09. The SMILES string of the molecule is Cc1ccc(C(F)(F)F)cc1CC(C)(C)C. The normalized spacial score (nSPS) is 12.9. The van der Waals surface area contributed by atoms with Crippen molar-refractivity contribution in [3.05, 3.63) is 34.9 Å². The Balaban J connectivity index is 3.10. The monoisotopic (exact) mass is 230 g/mol. The molecule has 0 aliphatic carbocycles. The van der Waals surface area contributed by atoms with E-state index in [-0.39, 0.29) is 5.41 Å². The fourth-order valence-corrected chi connectivity index (χ4v) is 1.61. The molecule has 16 heavy (non-hydrogen) atoms. The summed E-state index contributed by atoms with van der Waals surface area (Å²) < 4.78 is 37.6. The quantitative estimate of drug-likeness (QED) is 0.661. The molecule has 3 heteroatoms. The minimum atomic E-state index is -4.25. The van der Waals surface area contributed by atoms with Gasteiger partial charge >= 0.3 is 6.18 Å². The zero-order chi connectivity index (χ0) is 12.6. The van der Waals surface area contributed by atoms with Gasteiger partial charge in [-0.05, 0) is 42.0 Å². The third-order valence-electron chi connectivity index (χ3n) is 2.40. The second-order valence-corrected chi connectivity index (χ2v) is 5.38. The molecule has 90 valence electrons. The lowest BCUT2D eigenvalue weighted by molar-refractivity contribution is -0.137. The fraction of sp³-hybridized carbons (Fsp3) is 0.538. The molecule has 0 unspecified atom stereocenters. The highest BCUT2D eigenvalue weighted by Gasteiger charge is 2.31. The largest absolute Gasteiger partial charge is 0.416 e. The van der Waals surface area contributed by atoms with Gasteiger partial charge in [-0.25, -0.2) is 0 Å². The van der Waals surface area contributed by atoms with Gasteiger partial charge in [0.1, 0.15) is 0 Å². The molecule has 0 atom stereocenters. The molecule has 0 aliphatic rings. The van der Waals surface area contributed by atoms with Crippen molar-refractivity contribution in [3.8, 4) is 0 Å². The van der Waals surface area contributed by atoms with Crippen molar-refractivity contribution in [2.24, 2.45) is 5.41 Å². The summed E-state index contributed by atoms with van der Waals surface area (Å²) >= 11 is 0. The zero-order valence-electron chi connectivity index (χ0n) is 10.1. The van der Waals surface area contributed by atoms with Crippen LogP contribution in [-0.4, -0.2) is 0 Å². The number of hydrogen-bond acceptors (Lipinski definition) is 0. The summed E-state index contributed by atoms with van der Waals surface area (Å²) in [5.41, 5.74) is 1.14. The van der Waals surface area contributed by atoms with E-state index in [9.17, 15) is 13.2 Å². The van der Waals surface area contributed by atoms with E-state index in [1.807, 2.05) is 27.7 Å². The Morgan fingerprint density at radius 3 is 2.06 bits per heavy atom. The number of halogens is 3. The number of benzene rings is 1. The van der Waals surface area contributed by atoms with Crippen molar-refractivity contribution < 1.29 is 13.2 Å². The lowest BCUT2D eigenvalue weighted by Crippen LogP contribution is -2.12. The third kappa shape index (κ3) is 3.54. The number of rotatable bonds is 1. The Kier molecular flexibility index (Phi) is 3.36. The Morgan fingerprint density at radius 2 is 1.62 bits per heavy atom. The molecule has 0 fully saturated rings. The van der Waals surface area contributed by atoms with Crippen LogP contribution in [0.25, 0.3) is 0 Å². The van der Waals surface area contributed by atoms with E-state index in [1.165, 1.54) is 6.07 Å². The third-order valence-corrected chi connectivity index (χ3v) is 2.40. The van der Waals surface area contributed by atoms with Crippen LogP contribution in [0.5, 0.6) is 0 Å². The lowest BCUT2D eigenvalue weighted by atomic mass is 9.86. The van der Waals surface area contributed by atoms with Gasteiger partial charge in [-0.3, -0.25) is 0 Å². The van der Waals surface area contributed by atoms with Gasteiger partial charge < -0.3 is 0 Å². The highest BCUT2D eigenvalue weighted by Crippen LogP contribution is 2.32. The summed E-state index contributed by atoms with van der Waals surface area (Å²) in [4.78, 5) is 0. The summed E-state index contributed by atoms with van der Waals surface area (Å²) in [5.74, 6) is 0. The summed E-state index contributed by atoms with van der Waals surface area (Å²) in [6.07, 6.45) is -3.59. The van der Waals surface area contributed by atoms with Crippen molar-refractivity contribution in [3.63, 3.8) is 0 Å². The Labute approximate surface area is 94.5 Å². The van der Waals surface area contributed by atoms with Crippen molar-refractivity contribution in [1.82, 2.24) is 0 Å². The summed E-state index contributed by atoms with van der Waals surface area (Å²) in [6, 6.07) is 3.95.